The van der Waals surface area contributed by atoms with E-state index in [9.17, 15) is 8.78 Å². The molecule has 25 heavy (non-hydrogen) atoms. The van der Waals surface area contributed by atoms with E-state index >= 15 is 0 Å². The fraction of sp³-hybridized carbons (Fsp3) is 0.211. The Morgan fingerprint density at radius 3 is 2.72 bits per heavy atom. The SMILES string of the molecule is Cc1cc(Oc2ccc(NSC3CC3)c(F)c2)c2cc(F)ccc2n1. The summed E-state index contributed by atoms with van der Waals surface area (Å²) in [6.45, 7) is 1.83. The van der Waals surface area contributed by atoms with Gasteiger partial charge in [-0.05, 0) is 62.0 Å². The van der Waals surface area contributed by atoms with Crippen LogP contribution in [0.5, 0.6) is 11.5 Å². The highest BCUT2D eigenvalue weighted by Gasteiger charge is 2.22. The van der Waals surface area contributed by atoms with Crippen molar-refractivity contribution in [3.8, 4) is 11.5 Å². The summed E-state index contributed by atoms with van der Waals surface area (Å²) >= 11 is 1.54. The van der Waals surface area contributed by atoms with Crippen LogP contribution in [0.25, 0.3) is 10.9 Å². The van der Waals surface area contributed by atoms with Gasteiger partial charge in [-0.1, -0.05) is 0 Å². The van der Waals surface area contributed by atoms with Crippen molar-refractivity contribution in [2.75, 3.05) is 4.72 Å². The number of rotatable bonds is 5. The summed E-state index contributed by atoms with van der Waals surface area (Å²) in [6, 6.07) is 10.7. The standard InChI is InChI=1S/C19H16F2N2OS/c1-11-8-19(15-9-12(20)2-6-17(15)22-11)24-13-3-7-18(16(21)10-13)23-25-14-4-5-14/h2-3,6-10,14,23H,4-5H2,1H3. The molecule has 3 aromatic rings. The largest absolute Gasteiger partial charge is 0.456 e. The molecular formula is C19H16F2N2OS. The molecule has 3 nitrogen and oxygen atoms in total. The number of benzene rings is 2. The van der Waals surface area contributed by atoms with Crippen LogP contribution in [-0.4, -0.2) is 10.2 Å². The van der Waals surface area contributed by atoms with Gasteiger partial charge in [-0.2, -0.15) is 0 Å². The lowest BCUT2D eigenvalue weighted by atomic mass is 10.2. The summed E-state index contributed by atoms with van der Waals surface area (Å²) < 4.78 is 36.7. The Morgan fingerprint density at radius 1 is 1.12 bits per heavy atom. The van der Waals surface area contributed by atoms with Crippen molar-refractivity contribution in [3.05, 3.63) is 59.8 Å². The smallest absolute Gasteiger partial charge is 0.150 e. The van der Waals surface area contributed by atoms with Gasteiger partial charge in [-0.25, -0.2) is 8.78 Å². The maximum atomic E-state index is 14.3. The number of ether oxygens (including phenoxy) is 1. The monoisotopic (exact) mass is 358 g/mol. The van der Waals surface area contributed by atoms with Crippen molar-refractivity contribution in [1.82, 2.24) is 4.98 Å². The minimum absolute atomic E-state index is 0.357. The predicted molar refractivity (Wildman–Crippen MR) is 97.1 cm³/mol. The quantitative estimate of drug-likeness (QED) is 0.581. The Morgan fingerprint density at radius 2 is 1.96 bits per heavy atom. The molecule has 0 saturated heterocycles. The molecule has 0 bridgehead atoms. The van der Waals surface area contributed by atoms with Gasteiger partial charge in [0.1, 0.15) is 17.3 Å². The summed E-state index contributed by atoms with van der Waals surface area (Å²) in [7, 11) is 0. The molecule has 2 aromatic carbocycles. The fourth-order valence-corrected chi connectivity index (χ4v) is 3.31. The Kier molecular flexibility index (Phi) is 4.21. The zero-order chi connectivity index (χ0) is 17.4. The van der Waals surface area contributed by atoms with Crippen LogP contribution < -0.4 is 9.46 Å². The Labute approximate surface area is 148 Å². The summed E-state index contributed by atoms with van der Waals surface area (Å²) in [5.74, 6) is 0.0582. The number of halogens is 2. The average molecular weight is 358 g/mol. The number of hydrogen-bond donors (Lipinski definition) is 1. The van der Waals surface area contributed by atoms with Gasteiger partial charge >= 0.3 is 0 Å². The van der Waals surface area contributed by atoms with Gasteiger partial charge in [0.2, 0.25) is 0 Å². The minimum Gasteiger partial charge on any atom is -0.456 e. The number of anilines is 1. The average Bonchev–Trinajstić information content (AvgIpc) is 3.39. The molecule has 1 aliphatic carbocycles. The first-order chi connectivity index (χ1) is 12.1. The molecule has 1 aromatic heterocycles. The Balaban J connectivity index is 1.62. The molecule has 128 valence electrons. The Hall–Kier alpha value is -2.34. The van der Waals surface area contributed by atoms with Gasteiger partial charge in [0, 0.05) is 28.5 Å². The predicted octanol–water partition coefficient (Wildman–Crippen LogP) is 5.84. The summed E-state index contributed by atoms with van der Waals surface area (Å²) in [5.41, 5.74) is 1.82. The zero-order valence-electron chi connectivity index (χ0n) is 13.6. The second-order valence-electron chi connectivity index (χ2n) is 6.09. The molecule has 1 N–H and O–H groups in total. The van der Waals surface area contributed by atoms with E-state index in [1.165, 1.54) is 31.0 Å². The van der Waals surface area contributed by atoms with E-state index in [2.05, 4.69) is 9.71 Å². The number of fused-ring (bicyclic) bond motifs is 1. The Bertz CT molecular complexity index is 944. The molecule has 1 aliphatic rings. The van der Waals surface area contributed by atoms with Crippen LogP contribution in [0.2, 0.25) is 0 Å². The maximum Gasteiger partial charge on any atom is 0.150 e. The normalized spacial score (nSPS) is 13.9. The molecule has 1 heterocycles. The highest BCUT2D eigenvalue weighted by molar-refractivity contribution is 8.01. The highest BCUT2D eigenvalue weighted by atomic mass is 32.2. The van der Waals surface area contributed by atoms with Gasteiger partial charge in [-0.3, -0.25) is 4.98 Å². The van der Waals surface area contributed by atoms with Crippen molar-refractivity contribution < 1.29 is 13.5 Å². The fourth-order valence-electron chi connectivity index (χ4n) is 2.48. The van der Waals surface area contributed by atoms with E-state index < -0.39 is 0 Å². The molecule has 0 spiro atoms. The molecule has 6 heteroatoms. The van der Waals surface area contributed by atoms with Gasteiger partial charge in [0.05, 0.1) is 11.2 Å². The third kappa shape index (κ3) is 3.69. The lowest BCUT2D eigenvalue weighted by molar-refractivity contribution is 0.481. The number of aromatic nitrogens is 1. The first kappa shape index (κ1) is 16.1. The van der Waals surface area contributed by atoms with Crippen molar-refractivity contribution in [2.24, 2.45) is 0 Å². The highest BCUT2D eigenvalue weighted by Crippen LogP contribution is 2.36. The van der Waals surface area contributed by atoms with Crippen molar-refractivity contribution >= 4 is 28.5 Å². The van der Waals surface area contributed by atoms with E-state index in [1.807, 2.05) is 6.92 Å². The van der Waals surface area contributed by atoms with Crippen LogP contribution in [0.4, 0.5) is 14.5 Å². The molecule has 1 saturated carbocycles. The lowest BCUT2D eigenvalue weighted by Gasteiger charge is -2.12. The summed E-state index contributed by atoms with van der Waals surface area (Å²) in [6.07, 6.45) is 2.34. The first-order valence-corrected chi connectivity index (χ1v) is 8.92. The van der Waals surface area contributed by atoms with Gasteiger partial charge in [0.25, 0.3) is 0 Å². The summed E-state index contributed by atoms with van der Waals surface area (Å²) in [5, 5.41) is 1.13. The van der Waals surface area contributed by atoms with Crippen LogP contribution in [0, 0.1) is 18.6 Å². The second kappa shape index (κ2) is 6.52. The molecule has 0 radical (unpaired) electrons. The van der Waals surface area contributed by atoms with E-state index in [-0.39, 0.29) is 11.6 Å². The van der Waals surface area contributed by atoms with Crippen molar-refractivity contribution in [3.63, 3.8) is 0 Å². The van der Waals surface area contributed by atoms with Crippen molar-refractivity contribution in [1.29, 1.82) is 0 Å². The third-order valence-electron chi connectivity index (χ3n) is 3.89. The third-order valence-corrected chi connectivity index (χ3v) is 5.03. The summed E-state index contributed by atoms with van der Waals surface area (Å²) in [4.78, 5) is 4.36. The molecule has 0 unspecified atom stereocenters. The van der Waals surface area contributed by atoms with Gasteiger partial charge in [0.15, 0.2) is 5.82 Å². The molecular weight excluding hydrogens is 342 g/mol. The van der Waals surface area contributed by atoms with E-state index in [1.54, 1.807) is 36.2 Å². The van der Waals surface area contributed by atoms with E-state index in [0.717, 1.165) is 5.69 Å². The topological polar surface area (TPSA) is 34.1 Å². The zero-order valence-corrected chi connectivity index (χ0v) is 14.4. The van der Waals surface area contributed by atoms with Crippen LogP contribution >= 0.6 is 11.9 Å². The number of pyridine rings is 1. The minimum atomic E-state index is -0.382. The van der Waals surface area contributed by atoms with Crippen molar-refractivity contribution in [2.45, 2.75) is 25.0 Å². The van der Waals surface area contributed by atoms with Gasteiger partial charge < -0.3 is 9.46 Å². The van der Waals surface area contributed by atoms with Crippen LogP contribution in [0.15, 0.2) is 42.5 Å². The van der Waals surface area contributed by atoms with Crippen LogP contribution in [0.3, 0.4) is 0 Å². The number of nitrogens with zero attached hydrogens (tertiary/aromatic N) is 1. The van der Waals surface area contributed by atoms with Gasteiger partial charge in [-0.15, -0.1) is 0 Å². The first-order valence-electron chi connectivity index (χ1n) is 8.04. The molecule has 4 rings (SSSR count). The number of aryl methyl sites for hydroxylation is 1. The maximum absolute atomic E-state index is 14.3. The molecule has 0 aliphatic heterocycles. The van der Waals surface area contributed by atoms with E-state index in [0.29, 0.717) is 33.3 Å². The van der Waals surface area contributed by atoms with Crippen LogP contribution in [0.1, 0.15) is 18.5 Å². The molecule has 0 amide bonds. The lowest BCUT2D eigenvalue weighted by Crippen LogP contribution is -1.95. The number of hydrogen-bond acceptors (Lipinski definition) is 4. The van der Waals surface area contributed by atoms with E-state index in [4.69, 9.17) is 4.74 Å². The number of nitrogens with one attached hydrogen (secondary N) is 1. The van der Waals surface area contributed by atoms with Crippen LogP contribution in [-0.2, 0) is 0 Å². The second-order valence-corrected chi connectivity index (χ2v) is 7.19. The molecule has 0 atom stereocenters. The molecule has 1 fully saturated rings.